The van der Waals surface area contributed by atoms with Crippen molar-refractivity contribution in [2.24, 2.45) is 0 Å². The molecule has 1 aliphatic rings. The van der Waals surface area contributed by atoms with Gasteiger partial charge in [-0.25, -0.2) is 4.98 Å². The van der Waals surface area contributed by atoms with Crippen molar-refractivity contribution >= 4 is 23.2 Å². The summed E-state index contributed by atoms with van der Waals surface area (Å²) in [7, 11) is 0. The Morgan fingerprint density at radius 2 is 2.06 bits per heavy atom. The summed E-state index contributed by atoms with van der Waals surface area (Å²) in [6, 6.07) is 10.4. The van der Waals surface area contributed by atoms with Gasteiger partial charge in [0.15, 0.2) is 0 Å². The van der Waals surface area contributed by atoms with Crippen molar-refractivity contribution in [2.45, 2.75) is 25.8 Å². The lowest BCUT2D eigenvalue weighted by atomic mass is 10.1. The molecule has 1 N–H and O–H groups in total. The Balaban J connectivity index is 1.46. The van der Waals surface area contributed by atoms with Crippen LogP contribution >= 0.6 is 0 Å². The van der Waals surface area contributed by atoms with Crippen LogP contribution in [0.2, 0.25) is 0 Å². The first-order valence-electron chi connectivity index (χ1n) is 10.3. The zero-order valence-corrected chi connectivity index (χ0v) is 17.8. The van der Waals surface area contributed by atoms with Gasteiger partial charge in [0.25, 0.3) is 11.6 Å². The van der Waals surface area contributed by atoms with Gasteiger partial charge in [0, 0.05) is 47.9 Å². The summed E-state index contributed by atoms with van der Waals surface area (Å²) in [6.07, 6.45) is 5.74. The molecule has 3 aromatic rings. The second-order valence-corrected chi connectivity index (χ2v) is 7.58. The Morgan fingerprint density at radius 1 is 1.21 bits per heavy atom. The minimum atomic E-state index is -0.641. The van der Waals surface area contributed by atoms with E-state index in [0.29, 0.717) is 47.8 Å². The van der Waals surface area contributed by atoms with E-state index in [1.54, 1.807) is 31.2 Å². The van der Waals surface area contributed by atoms with E-state index in [2.05, 4.69) is 15.3 Å². The van der Waals surface area contributed by atoms with E-state index in [0.717, 1.165) is 0 Å². The van der Waals surface area contributed by atoms with Gasteiger partial charge in [-0.05, 0) is 44.0 Å². The minimum absolute atomic E-state index is 0.0501. The number of hydrogen-bond acceptors (Lipinski definition) is 7. The average molecular weight is 447 g/mol. The van der Waals surface area contributed by atoms with E-state index in [-0.39, 0.29) is 17.5 Å². The Labute approximate surface area is 189 Å². The van der Waals surface area contributed by atoms with Crippen LogP contribution in [0.15, 0.2) is 61.1 Å². The lowest BCUT2D eigenvalue weighted by Gasteiger charge is -2.24. The summed E-state index contributed by atoms with van der Waals surface area (Å²) in [5.41, 5.74) is 1.18. The quantitative estimate of drug-likeness (QED) is 0.450. The molecule has 0 spiro atoms. The van der Waals surface area contributed by atoms with E-state index in [1.165, 1.54) is 41.7 Å². The third-order valence-corrected chi connectivity index (χ3v) is 5.32. The number of nitrogens with one attached hydrogen (secondary N) is 1. The van der Waals surface area contributed by atoms with Gasteiger partial charge >= 0.3 is 0 Å². The van der Waals surface area contributed by atoms with Crippen molar-refractivity contribution in [1.29, 1.82) is 0 Å². The number of aromatic nitrogens is 2. The normalized spacial score (nSPS) is 15.2. The number of aryl methyl sites for hydroxylation is 1. The van der Waals surface area contributed by atoms with Crippen LogP contribution < -0.4 is 10.1 Å². The van der Waals surface area contributed by atoms with Gasteiger partial charge in [0.05, 0.1) is 11.1 Å². The maximum Gasteiger partial charge on any atom is 0.272 e. The zero-order chi connectivity index (χ0) is 23.4. The predicted molar refractivity (Wildman–Crippen MR) is 119 cm³/mol. The Kier molecular flexibility index (Phi) is 6.25. The molecule has 168 valence electrons. The van der Waals surface area contributed by atoms with Crippen molar-refractivity contribution in [3.05, 3.63) is 82.3 Å². The molecule has 10 nitrogen and oxygen atoms in total. The van der Waals surface area contributed by atoms with Crippen molar-refractivity contribution in [2.75, 3.05) is 11.9 Å². The fourth-order valence-electron chi connectivity index (χ4n) is 3.76. The summed E-state index contributed by atoms with van der Waals surface area (Å²) in [4.78, 5) is 46.1. The first-order valence-corrected chi connectivity index (χ1v) is 10.3. The molecule has 1 aliphatic heterocycles. The molecule has 0 aliphatic carbocycles. The van der Waals surface area contributed by atoms with Gasteiger partial charge in [-0.3, -0.25) is 24.7 Å². The van der Waals surface area contributed by atoms with Crippen molar-refractivity contribution in [3.63, 3.8) is 0 Å². The van der Waals surface area contributed by atoms with Crippen LogP contribution in [-0.4, -0.2) is 44.2 Å². The smallest absolute Gasteiger partial charge is 0.272 e. The molecule has 2 aromatic carbocycles. The molecule has 1 unspecified atom stereocenters. The van der Waals surface area contributed by atoms with E-state index >= 15 is 0 Å². The molecular weight excluding hydrogens is 426 g/mol. The van der Waals surface area contributed by atoms with Gasteiger partial charge in [-0.15, -0.1) is 0 Å². The van der Waals surface area contributed by atoms with Crippen LogP contribution in [0.5, 0.6) is 11.6 Å². The van der Waals surface area contributed by atoms with Gasteiger partial charge < -0.3 is 15.0 Å². The highest BCUT2D eigenvalue weighted by atomic mass is 16.6. The maximum absolute atomic E-state index is 13.0. The lowest BCUT2D eigenvalue weighted by molar-refractivity contribution is -0.385. The highest BCUT2D eigenvalue weighted by Crippen LogP contribution is 2.26. The van der Waals surface area contributed by atoms with E-state index < -0.39 is 11.0 Å². The number of rotatable bonds is 6. The monoisotopic (exact) mass is 447 g/mol. The Morgan fingerprint density at radius 3 is 2.79 bits per heavy atom. The molecule has 1 aromatic heterocycles. The number of benzene rings is 2. The number of amides is 2. The molecule has 10 heteroatoms. The molecule has 2 amide bonds. The molecule has 1 saturated heterocycles. The number of nitro groups is 1. The number of anilines is 1. The number of ether oxygens (including phenoxy) is 1. The van der Waals surface area contributed by atoms with Gasteiger partial charge in [-0.1, -0.05) is 6.07 Å². The molecule has 2 heterocycles. The lowest BCUT2D eigenvalue weighted by Crippen LogP contribution is -2.43. The number of likely N-dealkylation sites (tertiary alicyclic amines) is 1. The maximum atomic E-state index is 13.0. The Bertz CT molecular complexity index is 1200. The van der Waals surface area contributed by atoms with Crippen molar-refractivity contribution in [1.82, 2.24) is 14.9 Å². The van der Waals surface area contributed by atoms with Crippen molar-refractivity contribution < 1.29 is 19.2 Å². The predicted octanol–water partition coefficient (Wildman–Crippen LogP) is 3.73. The fourth-order valence-corrected chi connectivity index (χ4v) is 3.76. The number of hydrogen-bond donors (Lipinski definition) is 1. The highest BCUT2D eigenvalue weighted by molar-refractivity contribution is 6.01. The van der Waals surface area contributed by atoms with Crippen LogP contribution in [0.3, 0.4) is 0 Å². The average Bonchev–Trinajstić information content (AvgIpc) is 3.29. The van der Waals surface area contributed by atoms with Crippen molar-refractivity contribution in [3.8, 4) is 11.6 Å². The van der Waals surface area contributed by atoms with Crippen LogP contribution in [0, 0.1) is 17.0 Å². The molecule has 0 bridgehead atoms. The van der Waals surface area contributed by atoms with Crippen LogP contribution in [-0.2, 0) is 4.79 Å². The molecule has 4 rings (SSSR count). The van der Waals surface area contributed by atoms with Gasteiger partial charge in [0.2, 0.25) is 11.8 Å². The topological polar surface area (TPSA) is 128 Å². The molecule has 0 saturated carbocycles. The Hall–Kier alpha value is -4.34. The van der Waals surface area contributed by atoms with E-state index in [9.17, 15) is 19.7 Å². The first-order chi connectivity index (χ1) is 15.9. The van der Waals surface area contributed by atoms with Gasteiger partial charge in [-0.2, -0.15) is 0 Å². The fraction of sp³-hybridized carbons (Fsp3) is 0.217. The summed E-state index contributed by atoms with van der Waals surface area (Å²) >= 11 is 0. The minimum Gasteiger partial charge on any atom is -0.437 e. The molecular formula is C23H21N5O5. The second-order valence-electron chi connectivity index (χ2n) is 7.58. The molecule has 0 radical (unpaired) electrons. The third kappa shape index (κ3) is 4.95. The summed E-state index contributed by atoms with van der Waals surface area (Å²) < 4.78 is 5.64. The summed E-state index contributed by atoms with van der Waals surface area (Å²) in [5, 5.41) is 13.9. The number of nitrogens with zero attached hydrogens (tertiary/aromatic N) is 4. The molecule has 1 fully saturated rings. The summed E-state index contributed by atoms with van der Waals surface area (Å²) in [5.74, 6) is 0.169. The standard InChI is InChI=1S/C23H21N5O5/c1-15-12-16(7-8-19(15)28(31)32)23(30)27-11-3-6-20(27)22(29)26-17-4-2-5-18(13-17)33-21-14-24-9-10-25-21/h2,4-5,7-10,12-14,20H,3,6,11H2,1H3,(H,26,29). The third-order valence-electron chi connectivity index (χ3n) is 5.32. The largest absolute Gasteiger partial charge is 0.437 e. The first kappa shape index (κ1) is 21.9. The number of carbonyl (C=O) groups excluding carboxylic acids is 2. The van der Waals surface area contributed by atoms with Gasteiger partial charge in [0.1, 0.15) is 11.8 Å². The van der Waals surface area contributed by atoms with Crippen LogP contribution in [0.1, 0.15) is 28.8 Å². The number of carbonyl (C=O) groups is 2. The highest BCUT2D eigenvalue weighted by Gasteiger charge is 2.35. The van der Waals surface area contributed by atoms with E-state index in [4.69, 9.17) is 4.74 Å². The van der Waals surface area contributed by atoms with Crippen LogP contribution in [0.25, 0.3) is 0 Å². The van der Waals surface area contributed by atoms with Crippen LogP contribution in [0.4, 0.5) is 11.4 Å². The summed E-state index contributed by atoms with van der Waals surface area (Å²) in [6.45, 7) is 2.02. The number of nitro benzene ring substituents is 1. The molecule has 1 atom stereocenters. The van der Waals surface area contributed by atoms with E-state index in [1.807, 2.05) is 0 Å². The second kappa shape index (κ2) is 9.43. The molecule has 33 heavy (non-hydrogen) atoms. The zero-order valence-electron chi connectivity index (χ0n) is 17.8. The SMILES string of the molecule is Cc1cc(C(=O)N2CCCC2C(=O)Nc2cccc(Oc3cnccn3)c2)ccc1[N+](=O)[O-].